The number of nitrogens with zero attached hydrogens (tertiary/aromatic N) is 1. The second kappa shape index (κ2) is 8.35. The van der Waals surface area contributed by atoms with Gasteiger partial charge in [-0.25, -0.2) is 0 Å². The van der Waals surface area contributed by atoms with E-state index in [-0.39, 0.29) is 6.04 Å². The molecule has 1 saturated carbocycles. The minimum absolute atomic E-state index is 0.282. The van der Waals surface area contributed by atoms with E-state index >= 15 is 0 Å². The molecule has 0 radical (unpaired) electrons. The number of hydrogen-bond donors (Lipinski definition) is 2. The molecule has 0 amide bonds. The van der Waals surface area contributed by atoms with Crippen LogP contribution in [-0.4, -0.2) is 39.3 Å². The molecule has 1 rings (SSSR count). The van der Waals surface area contributed by atoms with Crippen molar-refractivity contribution in [3.05, 3.63) is 0 Å². The van der Waals surface area contributed by atoms with Crippen LogP contribution in [0.25, 0.3) is 0 Å². The molecule has 4 nitrogen and oxygen atoms in total. The van der Waals surface area contributed by atoms with E-state index in [1.54, 1.807) is 7.11 Å². The van der Waals surface area contributed by atoms with Crippen LogP contribution in [0.3, 0.4) is 0 Å². The lowest BCUT2D eigenvalue weighted by Crippen LogP contribution is -2.46. The minimum Gasteiger partial charge on any atom is -0.383 e. The first-order chi connectivity index (χ1) is 8.67. The van der Waals surface area contributed by atoms with E-state index < -0.39 is 0 Å². The smallest absolute Gasteiger partial charge is 0.191 e. The monoisotopic (exact) mass is 255 g/mol. The molecule has 2 N–H and O–H groups in total. The van der Waals surface area contributed by atoms with Crippen molar-refractivity contribution in [2.45, 2.75) is 45.6 Å². The van der Waals surface area contributed by atoms with E-state index in [0.717, 1.165) is 24.3 Å². The molecule has 106 valence electrons. The highest BCUT2D eigenvalue weighted by atomic mass is 16.5. The Morgan fingerprint density at radius 2 is 2.11 bits per heavy atom. The predicted octanol–water partition coefficient (Wildman–Crippen LogP) is 2.01. The summed E-state index contributed by atoms with van der Waals surface area (Å²) in [5, 5.41) is 6.78. The summed E-state index contributed by atoms with van der Waals surface area (Å²) in [7, 11) is 3.54. The quantitative estimate of drug-likeness (QED) is 0.583. The molecule has 0 bridgehead atoms. The highest BCUT2D eigenvalue weighted by molar-refractivity contribution is 5.79. The largest absolute Gasteiger partial charge is 0.383 e. The molecule has 1 aliphatic carbocycles. The summed E-state index contributed by atoms with van der Waals surface area (Å²) in [5.74, 6) is 2.51. The fourth-order valence-corrected chi connectivity index (χ4v) is 2.64. The molecule has 4 heteroatoms. The number of hydrogen-bond acceptors (Lipinski definition) is 2. The summed E-state index contributed by atoms with van der Waals surface area (Å²) in [6.07, 6.45) is 5.50. The van der Waals surface area contributed by atoms with E-state index in [1.165, 1.54) is 25.7 Å². The number of guanidine groups is 1. The summed E-state index contributed by atoms with van der Waals surface area (Å²) in [5.41, 5.74) is 0. The number of aliphatic imine (C=N–C) groups is 1. The van der Waals surface area contributed by atoms with Crippen LogP contribution in [-0.2, 0) is 4.74 Å². The lowest BCUT2D eigenvalue weighted by atomic mass is 9.80. The van der Waals surface area contributed by atoms with Crippen LogP contribution in [0.1, 0.15) is 39.5 Å². The van der Waals surface area contributed by atoms with E-state index in [9.17, 15) is 0 Å². The molecule has 1 fully saturated rings. The fraction of sp³-hybridized carbons (Fsp3) is 0.929. The zero-order valence-electron chi connectivity index (χ0n) is 12.3. The van der Waals surface area contributed by atoms with Gasteiger partial charge in [0.15, 0.2) is 5.96 Å². The first-order valence-corrected chi connectivity index (χ1v) is 7.13. The van der Waals surface area contributed by atoms with Crippen molar-refractivity contribution < 1.29 is 4.74 Å². The van der Waals surface area contributed by atoms with Crippen molar-refractivity contribution in [1.29, 1.82) is 0 Å². The Bertz CT molecular complexity index is 255. The Morgan fingerprint density at radius 3 is 2.72 bits per heavy atom. The molecule has 3 unspecified atom stereocenters. The molecule has 0 aromatic carbocycles. The summed E-state index contributed by atoms with van der Waals surface area (Å²) in [4.78, 5) is 4.26. The van der Waals surface area contributed by atoms with Crippen molar-refractivity contribution in [3.63, 3.8) is 0 Å². The molecule has 0 saturated heterocycles. The molecule has 0 aromatic heterocycles. The maximum Gasteiger partial charge on any atom is 0.191 e. The number of methoxy groups -OCH3 is 1. The van der Waals surface area contributed by atoms with Crippen molar-refractivity contribution in [1.82, 2.24) is 10.6 Å². The summed E-state index contributed by atoms with van der Waals surface area (Å²) in [6, 6.07) is 0.282. The van der Waals surface area contributed by atoms with Gasteiger partial charge >= 0.3 is 0 Å². The molecule has 0 heterocycles. The molecule has 0 spiro atoms. The maximum absolute atomic E-state index is 5.12. The number of rotatable bonds is 5. The van der Waals surface area contributed by atoms with Crippen LogP contribution in [0.2, 0.25) is 0 Å². The first-order valence-electron chi connectivity index (χ1n) is 7.13. The lowest BCUT2D eigenvalue weighted by molar-refractivity contribution is 0.178. The van der Waals surface area contributed by atoms with E-state index in [2.05, 4.69) is 29.5 Å². The summed E-state index contributed by atoms with van der Waals surface area (Å²) < 4.78 is 5.12. The minimum atomic E-state index is 0.282. The van der Waals surface area contributed by atoms with E-state index in [0.29, 0.717) is 6.61 Å². The van der Waals surface area contributed by atoms with Gasteiger partial charge in [0.2, 0.25) is 0 Å². The van der Waals surface area contributed by atoms with Gasteiger partial charge in [0, 0.05) is 26.7 Å². The van der Waals surface area contributed by atoms with Crippen molar-refractivity contribution in [2.75, 3.05) is 27.3 Å². The first kappa shape index (κ1) is 15.3. The normalized spacial score (nSPS) is 26.8. The molecule has 3 atom stereocenters. The van der Waals surface area contributed by atoms with E-state index in [1.807, 2.05) is 7.05 Å². The fourth-order valence-electron chi connectivity index (χ4n) is 2.64. The van der Waals surface area contributed by atoms with Gasteiger partial charge in [-0.05, 0) is 25.2 Å². The Balaban J connectivity index is 2.30. The van der Waals surface area contributed by atoms with Crippen molar-refractivity contribution in [3.8, 4) is 0 Å². The molecule has 18 heavy (non-hydrogen) atoms. The summed E-state index contributed by atoms with van der Waals surface area (Å²) in [6.45, 7) is 6.19. The molecular formula is C14H29N3O. The second-order valence-electron chi connectivity index (χ2n) is 5.48. The van der Waals surface area contributed by atoms with Crippen LogP contribution in [0, 0.1) is 11.8 Å². The topological polar surface area (TPSA) is 45.7 Å². The Hall–Kier alpha value is -0.770. The van der Waals surface area contributed by atoms with E-state index in [4.69, 9.17) is 4.74 Å². The zero-order chi connectivity index (χ0) is 13.4. The second-order valence-corrected chi connectivity index (χ2v) is 5.48. The number of nitrogens with one attached hydrogen (secondary N) is 2. The van der Waals surface area contributed by atoms with Crippen LogP contribution >= 0.6 is 0 Å². The molecular weight excluding hydrogens is 226 g/mol. The van der Waals surface area contributed by atoms with Gasteiger partial charge in [0.1, 0.15) is 0 Å². The Kier molecular flexibility index (Phi) is 7.09. The van der Waals surface area contributed by atoms with Gasteiger partial charge in [-0.15, -0.1) is 0 Å². The third kappa shape index (κ3) is 5.25. The van der Waals surface area contributed by atoms with Gasteiger partial charge in [-0.1, -0.05) is 26.2 Å². The van der Waals surface area contributed by atoms with Gasteiger partial charge in [-0.2, -0.15) is 0 Å². The van der Waals surface area contributed by atoms with Crippen LogP contribution < -0.4 is 10.6 Å². The Labute approximate surface area is 112 Å². The average Bonchev–Trinajstić information content (AvgIpc) is 2.36. The maximum atomic E-state index is 5.12. The average molecular weight is 255 g/mol. The third-order valence-corrected chi connectivity index (χ3v) is 3.84. The van der Waals surface area contributed by atoms with Crippen molar-refractivity contribution in [2.24, 2.45) is 16.8 Å². The number of ether oxygens (including phenoxy) is 1. The zero-order valence-corrected chi connectivity index (χ0v) is 12.3. The highest BCUT2D eigenvalue weighted by Crippen LogP contribution is 2.28. The SMILES string of the molecule is CN=C(NCC1CCCCC1C)NC(C)COC. The highest BCUT2D eigenvalue weighted by Gasteiger charge is 2.21. The standard InChI is InChI=1S/C14H29N3O/c1-11-7-5-6-8-13(11)9-16-14(15-3)17-12(2)10-18-4/h11-13H,5-10H2,1-4H3,(H2,15,16,17). The van der Waals surface area contributed by atoms with Gasteiger partial charge < -0.3 is 15.4 Å². The molecule has 1 aliphatic rings. The van der Waals surface area contributed by atoms with Gasteiger partial charge in [0.05, 0.1) is 6.61 Å². The van der Waals surface area contributed by atoms with Crippen LogP contribution in [0.4, 0.5) is 0 Å². The summed E-state index contributed by atoms with van der Waals surface area (Å²) >= 11 is 0. The van der Waals surface area contributed by atoms with Crippen LogP contribution in [0.5, 0.6) is 0 Å². The van der Waals surface area contributed by atoms with Gasteiger partial charge in [0.25, 0.3) is 0 Å². The molecule has 0 aliphatic heterocycles. The van der Waals surface area contributed by atoms with Crippen LogP contribution in [0.15, 0.2) is 4.99 Å². The van der Waals surface area contributed by atoms with Crippen molar-refractivity contribution >= 4 is 5.96 Å². The third-order valence-electron chi connectivity index (χ3n) is 3.84. The lowest BCUT2D eigenvalue weighted by Gasteiger charge is -2.29. The predicted molar refractivity (Wildman–Crippen MR) is 77.0 cm³/mol. The molecule has 0 aromatic rings. The Morgan fingerprint density at radius 1 is 1.39 bits per heavy atom. The van der Waals surface area contributed by atoms with Gasteiger partial charge in [-0.3, -0.25) is 4.99 Å².